The van der Waals surface area contributed by atoms with E-state index >= 15 is 0 Å². The van der Waals surface area contributed by atoms with Gasteiger partial charge in [-0.25, -0.2) is 4.98 Å². The molecule has 0 atom stereocenters. The molecule has 3 aromatic rings. The van der Waals surface area contributed by atoms with E-state index in [1.165, 1.54) is 42.5 Å². The number of rotatable bonds is 4. The molecule has 1 heterocycles. The monoisotopic (exact) mass is 407 g/mol. The maximum Gasteiger partial charge on any atom is 0.170 e. The van der Waals surface area contributed by atoms with Crippen molar-refractivity contribution in [3.63, 3.8) is 0 Å². The summed E-state index contributed by atoms with van der Waals surface area (Å²) in [5, 5.41) is 8.55. The Morgan fingerprint density at radius 2 is 1.68 bits per heavy atom. The van der Waals surface area contributed by atoms with Crippen molar-refractivity contribution in [2.45, 2.75) is 45.1 Å². The van der Waals surface area contributed by atoms with Crippen LogP contribution in [0.3, 0.4) is 0 Å². The van der Waals surface area contributed by atoms with Crippen LogP contribution in [-0.4, -0.2) is 16.1 Å². The van der Waals surface area contributed by atoms with Gasteiger partial charge in [0.05, 0.1) is 5.69 Å². The van der Waals surface area contributed by atoms with E-state index in [1.54, 1.807) is 11.3 Å². The van der Waals surface area contributed by atoms with Gasteiger partial charge in [-0.05, 0) is 44.1 Å². The Balaban J connectivity index is 1.43. The minimum atomic E-state index is 0.516. The molecule has 0 radical (unpaired) electrons. The fraction of sp³-hybridized carbons (Fsp3) is 0.304. The molecule has 0 bridgehead atoms. The third kappa shape index (κ3) is 4.59. The SMILES string of the molecule is Cc1sc(-c2ccccc2)nc1-c1ccc(NC(=S)NC2CCCCC2)cc1. The number of thiazole rings is 1. The first-order chi connectivity index (χ1) is 13.7. The third-order valence-electron chi connectivity index (χ3n) is 5.17. The summed E-state index contributed by atoms with van der Waals surface area (Å²) in [6, 6.07) is 19.2. The largest absolute Gasteiger partial charge is 0.360 e. The summed E-state index contributed by atoms with van der Waals surface area (Å²) in [7, 11) is 0. The number of hydrogen-bond acceptors (Lipinski definition) is 3. The van der Waals surface area contributed by atoms with E-state index in [0.29, 0.717) is 6.04 Å². The number of benzene rings is 2. The van der Waals surface area contributed by atoms with Crippen LogP contribution < -0.4 is 10.6 Å². The summed E-state index contributed by atoms with van der Waals surface area (Å²) in [5.41, 5.74) is 4.36. The summed E-state index contributed by atoms with van der Waals surface area (Å²) in [5.74, 6) is 0. The Labute approximate surface area is 176 Å². The molecule has 0 aliphatic heterocycles. The van der Waals surface area contributed by atoms with Crippen LogP contribution in [0.4, 0.5) is 5.69 Å². The van der Waals surface area contributed by atoms with Crippen molar-refractivity contribution < 1.29 is 0 Å². The molecule has 0 amide bonds. The van der Waals surface area contributed by atoms with Gasteiger partial charge in [-0.2, -0.15) is 0 Å². The van der Waals surface area contributed by atoms with Crippen molar-refractivity contribution in [3.05, 3.63) is 59.5 Å². The second-order valence-corrected chi connectivity index (χ2v) is 8.91. The lowest BCUT2D eigenvalue weighted by molar-refractivity contribution is 0.415. The lowest BCUT2D eigenvalue weighted by Gasteiger charge is -2.24. The minimum absolute atomic E-state index is 0.516. The second kappa shape index (κ2) is 8.84. The van der Waals surface area contributed by atoms with Crippen molar-refractivity contribution in [1.29, 1.82) is 0 Å². The smallest absolute Gasteiger partial charge is 0.170 e. The molecule has 3 nitrogen and oxygen atoms in total. The van der Waals surface area contributed by atoms with Gasteiger partial charge in [0.15, 0.2) is 5.11 Å². The fourth-order valence-corrected chi connectivity index (χ4v) is 4.90. The molecule has 1 fully saturated rings. The average Bonchev–Trinajstić information content (AvgIpc) is 3.12. The van der Waals surface area contributed by atoms with Gasteiger partial charge in [0.1, 0.15) is 5.01 Å². The Morgan fingerprint density at radius 3 is 2.39 bits per heavy atom. The molecule has 2 N–H and O–H groups in total. The molecule has 1 aromatic heterocycles. The molecule has 5 heteroatoms. The first kappa shape index (κ1) is 19.1. The Morgan fingerprint density at radius 1 is 0.964 bits per heavy atom. The van der Waals surface area contributed by atoms with Crippen molar-refractivity contribution in [1.82, 2.24) is 10.3 Å². The van der Waals surface area contributed by atoms with Gasteiger partial charge in [-0.3, -0.25) is 0 Å². The van der Waals surface area contributed by atoms with Gasteiger partial charge in [0, 0.05) is 27.7 Å². The third-order valence-corrected chi connectivity index (χ3v) is 6.41. The average molecular weight is 408 g/mol. The number of hydrogen-bond donors (Lipinski definition) is 2. The summed E-state index contributed by atoms with van der Waals surface area (Å²) in [6.07, 6.45) is 6.38. The molecular weight excluding hydrogens is 382 g/mol. The lowest BCUT2D eigenvalue weighted by atomic mass is 9.96. The van der Waals surface area contributed by atoms with Crippen molar-refractivity contribution in [2.75, 3.05) is 5.32 Å². The zero-order valence-corrected chi connectivity index (χ0v) is 17.7. The molecule has 144 valence electrons. The number of aromatic nitrogens is 1. The van der Waals surface area contributed by atoms with Gasteiger partial charge >= 0.3 is 0 Å². The normalized spacial score (nSPS) is 14.6. The first-order valence-electron chi connectivity index (χ1n) is 9.90. The minimum Gasteiger partial charge on any atom is -0.360 e. The second-order valence-electron chi connectivity index (χ2n) is 7.30. The molecule has 1 aliphatic carbocycles. The van der Waals surface area contributed by atoms with Crippen LogP contribution in [0.15, 0.2) is 54.6 Å². The summed E-state index contributed by atoms with van der Waals surface area (Å²) in [4.78, 5) is 6.11. The lowest BCUT2D eigenvalue weighted by Crippen LogP contribution is -2.38. The van der Waals surface area contributed by atoms with Crippen LogP contribution in [0.25, 0.3) is 21.8 Å². The predicted octanol–water partition coefficient (Wildman–Crippen LogP) is 6.40. The first-order valence-corrected chi connectivity index (χ1v) is 11.1. The number of thiocarbonyl (C=S) groups is 1. The van der Waals surface area contributed by atoms with E-state index < -0.39 is 0 Å². The molecule has 0 spiro atoms. The Kier molecular flexibility index (Phi) is 6.03. The van der Waals surface area contributed by atoms with Gasteiger partial charge in [-0.1, -0.05) is 61.7 Å². The zero-order valence-electron chi connectivity index (χ0n) is 16.1. The quantitative estimate of drug-likeness (QED) is 0.490. The summed E-state index contributed by atoms with van der Waals surface area (Å²) < 4.78 is 0. The maximum atomic E-state index is 5.49. The number of nitrogens with zero attached hydrogens (tertiary/aromatic N) is 1. The summed E-state index contributed by atoms with van der Waals surface area (Å²) in [6.45, 7) is 2.13. The zero-order chi connectivity index (χ0) is 19.3. The van der Waals surface area contributed by atoms with E-state index in [9.17, 15) is 0 Å². The van der Waals surface area contributed by atoms with Gasteiger partial charge in [0.25, 0.3) is 0 Å². The molecule has 0 saturated heterocycles. The number of anilines is 1. The van der Waals surface area contributed by atoms with Crippen molar-refractivity contribution in [3.8, 4) is 21.8 Å². The highest BCUT2D eigenvalue weighted by atomic mass is 32.1. The molecule has 28 heavy (non-hydrogen) atoms. The van der Waals surface area contributed by atoms with Gasteiger partial charge < -0.3 is 10.6 Å². The topological polar surface area (TPSA) is 37.0 Å². The highest BCUT2D eigenvalue weighted by Gasteiger charge is 2.14. The van der Waals surface area contributed by atoms with Crippen LogP contribution >= 0.6 is 23.6 Å². The molecule has 2 aromatic carbocycles. The molecule has 1 saturated carbocycles. The van der Waals surface area contributed by atoms with E-state index in [2.05, 4.69) is 66.1 Å². The highest BCUT2D eigenvalue weighted by Crippen LogP contribution is 2.33. The van der Waals surface area contributed by atoms with E-state index in [-0.39, 0.29) is 0 Å². The Hall–Kier alpha value is -2.24. The van der Waals surface area contributed by atoms with E-state index in [1.807, 2.05) is 6.07 Å². The molecular formula is C23H25N3S2. The molecule has 0 unspecified atom stereocenters. The van der Waals surface area contributed by atoms with Crippen LogP contribution in [0.5, 0.6) is 0 Å². The van der Waals surface area contributed by atoms with Crippen LogP contribution in [0, 0.1) is 6.92 Å². The summed E-state index contributed by atoms with van der Waals surface area (Å²) >= 11 is 7.23. The van der Waals surface area contributed by atoms with E-state index in [4.69, 9.17) is 17.2 Å². The maximum absolute atomic E-state index is 5.49. The fourth-order valence-electron chi connectivity index (χ4n) is 3.68. The van der Waals surface area contributed by atoms with E-state index in [0.717, 1.165) is 27.1 Å². The van der Waals surface area contributed by atoms with Crippen molar-refractivity contribution >= 4 is 34.4 Å². The molecule has 1 aliphatic rings. The number of nitrogens with one attached hydrogen (secondary N) is 2. The molecule has 4 rings (SSSR count). The standard InChI is InChI=1S/C23H25N3S2/c1-16-21(26-22(28-16)18-8-4-2-5-9-18)17-12-14-20(15-13-17)25-23(27)24-19-10-6-3-7-11-19/h2,4-5,8-9,12-15,19H,3,6-7,10-11H2,1H3,(H2,24,25,27). The Bertz CT molecular complexity index is 926. The van der Waals surface area contributed by atoms with Gasteiger partial charge in [0.2, 0.25) is 0 Å². The van der Waals surface area contributed by atoms with Gasteiger partial charge in [-0.15, -0.1) is 11.3 Å². The predicted molar refractivity (Wildman–Crippen MR) is 124 cm³/mol. The number of aryl methyl sites for hydroxylation is 1. The van der Waals surface area contributed by atoms with Crippen LogP contribution in [-0.2, 0) is 0 Å². The van der Waals surface area contributed by atoms with Crippen LogP contribution in [0.2, 0.25) is 0 Å². The highest BCUT2D eigenvalue weighted by molar-refractivity contribution is 7.80. The van der Waals surface area contributed by atoms with Crippen molar-refractivity contribution in [2.24, 2.45) is 0 Å². The van der Waals surface area contributed by atoms with Crippen LogP contribution in [0.1, 0.15) is 37.0 Å².